The molecule has 1 saturated heterocycles. The maximum Gasteiger partial charge on any atom is 0.451 e. The van der Waals surface area contributed by atoms with Gasteiger partial charge in [0.05, 0.1) is 5.69 Å². The van der Waals surface area contributed by atoms with Gasteiger partial charge in [0.25, 0.3) is 0 Å². The number of pyridine rings is 1. The van der Waals surface area contributed by atoms with E-state index in [1.54, 1.807) is 0 Å². The summed E-state index contributed by atoms with van der Waals surface area (Å²) in [5, 5.41) is 27.3. The van der Waals surface area contributed by atoms with Crippen molar-refractivity contribution in [2.45, 2.75) is 24.7 Å². The zero-order chi connectivity index (χ0) is 19.5. The van der Waals surface area contributed by atoms with Gasteiger partial charge in [-0.2, -0.15) is 12.7 Å². The molecule has 2 rings (SSSR count). The molecule has 11 nitrogen and oxygen atoms in total. The second kappa shape index (κ2) is 7.76. The number of hydrogen-bond acceptors (Lipinski definition) is 8. The summed E-state index contributed by atoms with van der Waals surface area (Å²) in [6, 6.07) is 2.94. The smallest absolute Gasteiger partial charge is 0.451 e. The molecule has 1 aliphatic heterocycles. The van der Waals surface area contributed by atoms with E-state index in [0.29, 0.717) is 6.42 Å². The van der Waals surface area contributed by atoms with Crippen LogP contribution in [0.2, 0.25) is 6.32 Å². The average molecular weight is 387 g/mol. The van der Waals surface area contributed by atoms with Gasteiger partial charge < -0.3 is 26.6 Å². The van der Waals surface area contributed by atoms with Crippen molar-refractivity contribution in [2.24, 2.45) is 11.7 Å². The maximum absolute atomic E-state index is 12.6. The molecule has 1 aliphatic rings. The van der Waals surface area contributed by atoms with E-state index in [-0.39, 0.29) is 30.8 Å². The van der Waals surface area contributed by atoms with Gasteiger partial charge in [-0.15, -0.1) is 0 Å². The Labute approximate surface area is 151 Å². The molecule has 144 valence electrons. The number of carboxylic acid groups (broad SMARTS) is 1. The summed E-state index contributed by atoms with van der Waals surface area (Å²) in [4.78, 5) is 15.4. The third-order valence-electron chi connectivity index (χ3n) is 4.42. The van der Waals surface area contributed by atoms with E-state index in [0.717, 1.165) is 4.31 Å². The Morgan fingerprint density at radius 2 is 2.19 bits per heavy atom. The summed E-state index contributed by atoms with van der Waals surface area (Å²) in [7, 11) is -5.60. The van der Waals surface area contributed by atoms with E-state index in [1.165, 1.54) is 18.3 Å². The number of aromatic nitrogens is 1. The Morgan fingerprint density at radius 3 is 2.77 bits per heavy atom. The molecule has 2 atom stereocenters. The summed E-state index contributed by atoms with van der Waals surface area (Å²) < 4.78 is 28.4. The molecule has 0 saturated carbocycles. The predicted molar refractivity (Wildman–Crippen MR) is 95.0 cm³/mol. The number of carboxylic acids is 1. The lowest BCUT2D eigenvalue weighted by Gasteiger charge is -2.25. The molecule has 26 heavy (non-hydrogen) atoms. The second-order valence-corrected chi connectivity index (χ2v) is 7.96. The largest absolute Gasteiger partial charge is 0.480 e. The minimum Gasteiger partial charge on any atom is -0.480 e. The van der Waals surface area contributed by atoms with Crippen LogP contribution in [0.25, 0.3) is 0 Å². The number of rotatable bonds is 8. The van der Waals surface area contributed by atoms with Gasteiger partial charge in [-0.3, -0.25) is 9.52 Å². The van der Waals surface area contributed by atoms with E-state index in [4.69, 9.17) is 21.5 Å². The van der Waals surface area contributed by atoms with Crippen molar-refractivity contribution >= 4 is 34.8 Å². The Morgan fingerprint density at radius 1 is 1.50 bits per heavy atom. The van der Waals surface area contributed by atoms with E-state index in [9.17, 15) is 18.3 Å². The van der Waals surface area contributed by atoms with Gasteiger partial charge in [-0.05, 0) is 24.9 Å². The van der Waals surface area contributed by atoms with E-state index < -0.39 is 41.3 Å². The second-order valence-electron chi connectivity index (χ2n) is 6.29. The highest BCUT2D eigenvalue weighted by atomic mass is 32.2. The molecular weight excluding hydrogens is 365 g/mol. The first kappa shape index (κ1) is 20.4. The molecule has 1 aromatic rings. The Balaban J connectivity index is 2.16. The monoisotopic (exact) mass is 387 g/mol. The van der Waals surface area contributed by atoms with Crippen molar-refractivity contribution < 1.29 is 28.4 Å². The number of nitrogens with zero attached hydrogens (tertiary/aromatic N) is 2. The van der Waals surface area contributed by atoms with Crippen LogP contribution in [0.3, 0.4) is 0 Å². The van der Waals surface area contributed by atoms with Crippen LogP contribution in [-0.2, 0) is 15.0 Å². The highest BCUT2D eigenvalue weighted by Crippen LogP contribution is 2.32. The summed E-state index contributed by atoms with van der Waals surface area (Å²) in [6.07, 6.45) is 1.99. The molecular formula is C13H22BN5O6S. The molecule has 2 heterocycles. The number of aliphatic carboxylic acids is 1. The fourth-order valence-corrected chi connectivity index (χ4v) is 4.26. The first-order valence-electron chi connectivity index (χ1n) is 7.93. The molecule has 1 aromatic heterocycles. The van der Waals surface area contributed by atoms with Gasteiger partial charge in [0.2, 0.25) is 0 Å². The molecule has 0 radical (unpaired) electrons. The van der Waals surface area contributed by atoms with Gasteiger partial charge in [0.1, 0.15) is 11.4 Å². The highest BCUT2D eigenvalue weighted by molar-refractivity contribution is 7.90. The number of hydrogen-bond donors (Lipinski definition) is 6. The van der Waals surface area contributed by atoms with Crippen molar-refractivity contribution in [1.82, 2.24) is 9.29 Å². The summed E-state index contributed by atoms with van der Waals surface area (Å²) in [5.74, 6) is -2.01. The topological polar surface area (TPSA) is 192 Å². The predicted octanol–water partition coefficient (Wildman–Crippen LogP) is -1.71. The molecule has 0 aliphatic carbocycles. The van der Waals surface area contributed by atoms with Crippen molar-refractivity contribution in [1.29, 1.82) is 0 Å². The first-order valence-corrected chi connectivity index (χ1v) is 9.37. The van der Waals surface area contributed by atoms with Gasteiger partial charge in [0, 0.05) is 25.2 Å². The van der Waals surface area contributed by atoms with Crippen LogP contribution in [0.15, 0.2) is 18.3 Å². The molecule has 8 N–H and O–H groups in total. The number of nitrogens with two attached hydrogens (primary N) is 2. The molecule has 1 fully saturated rings. The molecule has 0 bridgehead atoms. The molecule has 0 amide bonds. The molecule has 0 aromatic carbocycles. The van der Waals surface area contributed by atoms with E-state index in [2.05, 4.69) is 9.71 Å². The molecule has 13 heteroatoms. The van der Waals surface area contributed by atoms with Gasteiger partial charge in [0.15, 0.2) is 0 Å². The average Bonchev–Trinajstić information content (AvgIpc) is 2.89. The van der Waals surface area contributed by atoms with E-state index in [1.807, 2.05) is 0 Å². The Bertz CT molecular complexity index is 763. The standard InChI is InChI=1S/C13H22BN5O6S/c15-11-10(4-2-6-17-11)18-26(24,25)19-7-9(3-1-5-14(22)23)13(16,8-19)12(20)21/h2,4,6,9,18,22-23H,1,3,5,7-8,16H2,(H2,15,17)(H,20,21)/t9-,13-/m0/s1. The highest BCUT2D eigenvalue weighted by Gasteiger charge is 2.52. The molecule has 0 spiro atoms. The minimum absolute atomic E-state index is 0.0130. The van der Waals surface area contributed by atoms with Crippen LogP contribution < -0.4 is 16.2 Å². The third kappa shape index (κ3) is 4.42. The zero-order valence-electron chi connectivity index (χ0n) is 13.9. The van der Waals surface area contributed by atoms with Crippen LogP contribution in [0, 0.1) is 5.92 Å². The number of nitrogen functional groups attached to an aromatic ring is 1. The van der Waals surface area contributed by atoms with Crippen molar-refractivity contribution in [2.75, 3.05) is 23.5 Å². The van der Waals surface area contributed by atoms with Gasteiger partial charge in [-0.25, -0.2) is 4.98 Å². The SMILES string of the molecule is Nc1ncccc1NS(=O)(=O)N1C[C@H](CCCB(O)O)[C@](N)(C(=O)O)C1. The van der Waals surface area contributed by atoms with Crippen molar-refractivity contribution in [3.8, 4) is 0 Å². The normalized spacial score (nSPS) is 23.7. The number of anilines is 2. The first-order chi connectivity index (χ1) is 12.1. The van der Waals surface area contributed by atoms with Crippen LogP contribution in [0.1, 0.15) is 12.8 Å². The van der Waals surface area contributed by atoms with Gasteiger partial charge in [-0.1, -0.05) is 6.42 Å². The van der Waals surface area contributed by atoms with Crippen LogP contribution in [-0.4, -0.2) is 64.6 Å². The minimum atomic E-state index is -4.09. The summed E-state index contributed by atoms with van der Waals surface area (Å²) in [6.45, 7) is -0.524. The van der Waals surface area contributed by atoms with Crippen molar-refractivity contribution in [3.63, 3.8) is 0 Å². The lowest BCUT2D eigenvalue weighted by Crippen LogP contribution is -2.55. The van der Waals surface area contributed by atoms with E-state index >= 15 is 0 Å². The lowest BCUT2D eigenvalue weighted by atomic mass is 9.78. The Hall–Kier alpha value is -1.93. The fourth-order valence-electron chi connectivity index (χ4n) is 2.92. The third-order valence-corrected chi connectivity index (χ3v) is 5.86. The maximum atomic E-state index is 12.6. The molecule has 0 unspecified atom stereocenters. The van der Waals surface area contributed by atoms with Gasteiger partial charge >= 0.3 is 23.3 Å². The van der Waals surface area contributed by atoms with Crippen LogP contribution in [0.5, 0.6) is 0 Å². The summed E-state index contributed by atoms with van der Waals surface area (Å²) >= 11 is 0. The zero-order valence-corrected chi connectivity index (χ0v) is 14.8. The number of carbonyl (C=O) groups is 1. The lowest BCUT2D eigenvalue weighted by molar-refractivity contribution is -0.144. The number of nitrogens with one attached hydrogen (secondary N) is 1. The van der Waals surface area contributed by atoms with Crippen LogP contribution in [0.4, 0.5) is 11.5 Å². The summed E-state index contributed by atoms with van der Waals surface area (Å²) in [5.41, 5.74) is 9.92. The fraction of sp³-hybridized carbons (Fsp3) is 0.538. The van der Waals surface area contributed by atoms with Crippen molar-refractivity contribution in [3.05, 3.63) is 18.3 Å². The van der Waals surface area contributed by atoms with Crippen LogP contribution >= 0.6 is 0 Å². The quantitative estimate of drug-likeness (QED) is 0.282. The Kier molecular flexibility index (Phi) is 6.08.